The fourth-order valence-corrected chi connectivity index (χ4v) is 2.25. The van der Waals surface area contributed by atoms with Crippen LogP contribution in [0.25, 0.3) is 11.0 Å². The fourth-order valence-electron chi connectivity index (χ4n) is 2.25. The van der Waals surface area contributed by atoms with E-state index >= 15 is 0 Å². The molecule has 3 N–H and O–H groups in total. The van der Waals surface area contributed by atoms with Crippen molar-refractivity contribution < 1.29 is 13.9 Å². The molecule has 1 heterocycles. The van der Waals surface area contributed by atoms with Crippen molar-refractivity contribution in [3.8, 4) is 5.75 Å². The Morgan fingerprint density at radius 3 is 2.91 bits per heavy atom. The zero-order valence-corrected chi connectivity index (χ0v) is 12.1. The van der Waals surface area contributed by atoms with Crippen molar-refractivity contribution in [1.29, 1.82) is 0 Å². The van der Waals surface area contributed by atoms with Crippen molar-refractivity contribution in [2.45, 2.75) is 18.9 Å². The average Bonchev–Trinajstić information content (AvgIpc) is 3.35. The highest BCUT2D eigenvalue weighted by Crippen LogP contribution is 2.31. The highest BCUT2D eigenvalue weighted by molar-refractivity contribution is 5.79. The lowest BCUT2D eigenvalue weighted by molar-refractivity contribution is -0.123. The number of fused-ring (bicyclic) bond motifs is 1. The van der Waals surface area contributed by atoms with Crippen molar-refractivity contribution in [2.75, 3.05) is 13.2 Å². The fraction of sp³-hybridized carbons (Fsp3) is 0.375. The van der Waals surface area contributed by atoms with E-state index in [1.165, 1.54) is 6.07 Å². The Hall–Kier alpha value is -2.34. The number of carbonyl (C=O) groups excluding carboxylic acids is 1. The molecule has 1 unspecified atom stereocenters. The molecule has 0 bridgehead atoms. The maximum absolute atomic E-state index is 11.7. The van der Waals surface area contributed by atoms with Crippen LogP contribution in [0, 0.1) is 5.92 Å². The minimum Gasteiger partial charge on any atom is -0.484 e. The summed E-state index contributed by atoms with van der Waals surface area (Å²) >= 11 is 0. The average molecular weight is 302 g/mol. The molecule has 1 atom stereocenters. The van der Waals surface area contributed by atoms with E-state index in [9.17, 15) is 9.59 Å². The SMILES string of the molecule is NC(CNC(=O)COc1ccc2ccc(=O)oc2c1)C1CC1. The first kappa shape index (κ1) is 14.6. The van der Waals surface area contributed by atoms with E-state index in [-0.39, 0.29) is 18.6 Å². The van der Waals surface area contributed by atoms with Gasteiger partial charge >= 0.3 is 5.63 Å². The van der Waals surface area contributed by atoms with Gasteiger partial charge in [0.15, 0.2) is 6.61 Å². The Morgan fingerprint density at radius 1 is 1.36 bits per heavy atom. The Morgan fingerprint density at radius 2 is 2.14 bits per heavy atom. The van der Waals surface area contributed by atoms with Gasteiger partial charge < -0.3 is 20.2 Å². The van der Waals surface area contributed by atoms with E-state index in [1.54, 1.807) is 24.3 Å². The molecule has 2 aromatic rings. The molecule has 0 saturated heterocycles. The molecular formula is C16H18N2O4. The summed E-state index contributed by atoms with van der Waals surface area (Å²) in [6.07, 6.45) is 2.30. The van der Waals surface area contributed by atoms with Crippen LogP contribution in [-0.4, -0.2) is 25.1 Å². The van der Waals surface area contributed by atoms with Crippen molar-refractivity contribution in [1.82, 2.24) is 5.32 Å². The highest BCUT2D eigenvalue weighted by atomic mass is 16.5. The van der Waals surface area contributed by atoms with Crippen LogP contribution in [-0.2, 0) is 4.79 Å². The molecule has 0 radical (unpaired) electrons. The van der Waals surface area contributed by atoms with Gasteiger partial charge in [-0.25, -0.2) is 4.79 Å². The predicted octanol–water partition coefficient (Wildman–Crippen LogP) is 1.03. The van der Waals surface area contributed by atoms with Crippen LogP contribution in [0.15, 0.2) is 39.5 Å². The first-order chi connectivity index (χ1) is 10.6. The number of amides is 1. The van der Waals surface area contributed by atoms with Gasteiger partial charge in [0.2, 0.25) is 0 Å². The molecule has 0 aliphatic heterocycles. The van der Waals surface area contributed by atoms with Crippen LogP contribution in [0.3, 0.4) is 0 Å². The van der Waals surface area contributed by atoms with E-state index < -0.39 is 5.63 Å². The van der Waals surface area contributed by atoms with E-state index in [0.717, 1.165) is 18.2 Å². The van der Waals surface area contributed by atoms with E-state index in [2.05, 4.69) is 5.32 Å². The summed E-state index contributed by atoms with van der Waals surface area (Å²) in [5.74, 6) is 0.804. The highest BCUT2D eigenvalue weighted by Gasteiger charge is 2.28. The number of carbonyl (C=O) groups is 1. The summed E-state index contributed by atoms with van der Waals surface area (Å²) in [7, 11) is 0. The molecule has 22 heavy (non-hydrogen) atoms. The normalized spacial score (nSPS) is 15.5. The number of benzene rings is 1. The summed E-state index contributed by atoms with van der Waals surface area (Å²) in [6, 6.07) is 8.16. The molecule has 1 aromatic heterocycles. The second kappa shape index (κ2) is 6.19. The lowest BCUT2D eigenvalue weighted by Gasteiger charge is -2.12. The number of nitrogens with one attached hydrogen (secondary N) is 1. The molecule has 6 heteroatoms. The van der Waals surface area contributed by atoms with Crippen LogP contribution in [0.5, 0.6) is 5.75 Å². The monoisotopic (exact) mass is 302 g/mol. The molecule has 1 aliphatic carbocycles. The topological polar surface area (TPSA) is 94.6 Å². The Bertz CT molecular complexity index is 736. The molecule has 1 amide bonds. The first-order valence-corrected chi connectivity index (χ1v) is 7.31. The summed E-state index contributed by atoms with van der Waals surface area (Å²) in [6.45, 7) is 0.374. The second-order valence-electron chi connectivity index (χ2n) is 5.55. The zero-order valence-electron chi connectivity index (χ0n) is 12.1. The van der Waals surface area contributed by atoms with Gasteiger partial charge in [-0.05, 0) is 37.0 Å². The number of rotatable bonds is 6. The smallest absolute Gasteiger partial charge is 0.336 e. The number of ether oxygens (including phenoxy) is 1. The summed E-state index contributed by atoms with van der Waals surface area (Å²) in [5, 5.41) is 3.56. The molecule has 6 nitrogen and oxygen atoms in total. The van der Waals surface area contributed by atoms with Gasteiger partial charge in [-0.15, -0.1) is 0 Å². The third kappa shape index (κ3) is 3.65. The maximum atomic E-state index is 11.7. The number of hydrogen-bond donors (Lipinski definition) is 2. The molecule has 1 aliphatic rings. The Labute approximate surface area is 127 Å². The predicted molar refractivity (Wildman–Crippen MR) is 81.7 cm³/mol. The summed E-state index contributed by atoms with van der Waals surface area (Å²) in [5.41, 5.74) is 5.93. The van der Waals surface area contributed by atoms with Gasteiger partial charge in [-0.1, -0.05) is 0 Å². The summed E-state index contributed by atoms with van der Waals surface area (Å²) in [4.78, 5) is 22.9. The Kier molecular flexibility index (Phi) is 4.11. The van der Waals surface area contributed by atoms with Crippen molar-refractivity contribution in [3.63, 3.8) is 0 Å². The van der Waals surface area contributed by atoms with Crippen LogP contribution < -0.4 is 21.4 Å². The third-order valence-corrected chi connectivity index (χ3v) is 3.73. The number of hydrogen-bond acceptors (Lipinski definition) is 5. The van der Waals surface area contributed by atoms with Gasteiger partial charge in [0, 0.05) is 30.1 Å². The second-order valence-corrected chi connectivity index (χ2v) is 5.55. The molecule has 1 aromatic carbocycles. The van der Waals surface area contributed by atoms with Crippen LogP contribution >= 0.6 is 0 Å². The standard InChI is InChI=1S/C16H18N2O4/c17-13(10-1-2-10)8-18-15(19)9-21-12-5-3-11-4-6-16(20)22-14(11)7-12/h3-7,10,13H,1-2,8-9,17H2,(H,18,19). The van der Waals surface area contributed by atoms with Gasteiger partial charge in [0.1, 0.15) is 11.3 Å². The molecule has 1 saturated carbocycles. The number of nitrogens with two attached hydrogens (primary N) is 1. The third-order valence-electron chi connectivity index (χ3n) is 3.73. The summed E-state index contributed by atoms with van der Waals surface area (Å²) < 4.78 is 10.5. The van der Waals surface area contributed by atoms with Gasteiger partial charge in [0.25, 0.3) is 5.91 Å². The molecule has 116 valence electrons. The van der Waals surface area contributed by atoms with Crippen LogP contribution in [0.4, 0.5) is 0 Å². The van der Waals surface area contributed by atoms with E-state index in [0.29, 0.717) is 23.8 Å². The molecule has 3 rings (SSSR count). The van der Waals surface area contributed by atoms with Crippen molar-refractivity contribution in [2.24, 2.45) is 11.7 Å². The van der Waals surface area contributed by atoms with Crippen LogP contribution in [0.1, 0.15) is 12.8 Å². The lowest BCUT2D eigenvalue weighted by atomic mass is 10.2. The minimum atomic E-state index is -0.420. The van der Waals surface area contributed by atoms with Gasteiger partial charge in [0.05, 0.1) is 0 Å². The Balaban J connectivity index is 1.54. The van der Waals surface area contributed by atoms with E-state index in [1.807, 2.05) is 0 Å². The van der Waals surface area contributed by atoms with E-state index in [4.69, 9.17) is 14.9 Å². The minimum absolute atomic E-state index is 0.0268. The molecule has 0 spiro atoms. The maximum Gasteiger partial charge on any atom is 0.336 e. The van der Waals surface area contributed by atoms with Gasteiger partial charge in [-0.2, -0.15) is 0 Å². The molecular weight excluding hydrogens is 284 g/mol. The van der Waals surface area contributed by atoms with Crippen molar-refractivity contribution >= 4 is 16.9 Å². The first-order valence-electron chi connectivity index (χ1n) is 7.31. The lowest BCUT2D eigenvalue weighted by Crippen LogP contribution is -2.40. The largest absolute Gasteiger partial charge is 0.484 e. The quantitative estimate of drug-likeness (QED) is 0.777. The zero-order chi connectivity index (χ0) is 15.5. The van der Waals surface area contributed by atoms with Crippen molar-refractivity contribution in [3.05, 3.63) is 40.8 Å². The van der Waals surface area contributed by atoms with Gasteiger partial charge in [-0.3, -0.25) is 4.79 Å². The molecule has 1 fully saturated rings. The van der Waals surface area contributed by atoms with Crippen LogP contribution in [0.2, 0.25) is 0 Å².